The van der Waals surface area contributed by atoms with Crippen molar-refractivity contribution in [1.29, 1.82) is 0 Å². The molecule has 25 heavy (non-hydrogen) atoms. The topological polar surface area (TPSA) is 92.9 Å². The molecule has 3 aromatic rings. The van der Waals surface area contributed by atoms with Gasteiger partial charge in [-0.05, 0) is 36.8 Å². The van der Waals surface area contributed by atoms with Gasteiger partial charge in [-0.3, -0.25) is 9.78 Å². The number of phenolic OH excluding ortho intramolecular Hbond substituents is 1. The lowest BCUT2D eigenvalue weighted by molar-refractivity contribution is -0.113. The van der Waals surface area contributed by atoms with Crippen LogP contribution in [0.15, 0.2) is 47.9 Å². The number of benzene rings is 1. The fourth-order valence-corrected chi connectivity index (χ4v) is 2.97. The number of carbonyl (C=O) groups excluding carboxylic acids is 1. The molecule has 2 N–H and O–H groups in total. The average Bonchev–Trinajstić information content (AvgIpc) is 2.98. The van der Waals surface area contributed by atoms with E-state index in [0.29, 0.717) is 16.7 Å². The van der Waals surface area contributed by atoms with E-state index >= 15 is 0 Å². The second kappa shape index (κ2) is 7.35. The monoisotopic (exact) mass is 355 g/mol. The lowest BCUT2D eigenvalue weighted by Gasteiger charge is -2.08. The maximum atomic E-state index is 12.1. The third kappa shape index (κ3) is 3.97. The first-order chi connectivity index (χ1) is 12.0. The van der Waals surface area contributed by atoms with Crippen LogP contribution < -0.4 is 5.32 Å². The smallest absolute Gasteiger partial charge is 0.234 e. The van der Waals surface area contributed by atoms with Crippen molar-refractivity contribution in [1.82, 2.24) is 19.7 Å². The first-order valence-electron chi connectivity index (χ1n) is 7.56. The van der Waals surface area contributed by atoms with Gasteiger partial charge in [-0.1, -0.05) is 17.8 Å². The third-order valence-electron chi connectivity index (χ3n) is 3.53. The lowest BCUT2D eigenvalue weighted by Crippen LogP contribution is -2.14. The summed E-state index contributed by atoms with van der Waals surface area (Å²) in [6.45, 7) is 1.89. The van der Waals surface area contributed by atoms with Crippen molar-refractivity contribution in [2.45, 2.75) is 12.1 Å². The molecular formula is C17H17N5O2S. The minimum absolute atomic E-state index is 0.0441. The number of carbonyl (C=O) groups is 1. The van der Waals surface area contributed by atoms with Crippen LogP contribution in [-0.2, 0) is 11.8 Å². The molecule has 0 aliphatic carbocycles. The number of aryl methyl sites for hydroxylation is 1. The Balaban J connectivity index is 1.65. The molecule has 2 aromatic heterocycles. The first-order valence-corrected chi connectivity index (χ1v) is 8.55. The van der Waals surface area contributed by atoms with E-state index in [9.17, 15) is 9.90 Å². The second-order valence-corrected chi connectivity index (χ2v) is 6.40. The summed E-state index contributed by atoms with van der Waals surface area (Å²) in [6, 6.07) is 8.76. The highest BCUT2D eigenvalue weighted by molar-refractivity contribution is 7.99. The predicted octanol–water partition coefficient (Wildman–Crippen LogP) is 2.62. The van der Waals surface area contributed by atoms with E-state index in [1.807, 2.05) is 30.7 Å². The largest absolute Gasteiger partial charge is 0.506 e. The quantitative estimate of drug-likeness (QED) is 0.540. The Morgan fingerprint density at radius 2 is 2.00 bits per heavy atom. The molecule has 0 spiro atoms. The molecular weight excluding hydrogens is 338 g/mol. The number of phenols is 1. The van der Waals surface area contributed by atoms with Gasteiger partial charge in [0.05, 0.1) is 11.4 Å². The van der Waals surface area contributed by atoms with E-state index in [1.165, 1.54) is 11.8 Å². The summed E-state index contributed by atoms with van der Waals surface area (Å²) in [5, 5.41) is 21.4. The Hall–Kier alpha value is -2.87. The molecule has 0 aliphatic heterocycles. The molecule has 128 valence electrons. The zero-order chi connectivity index (χ0) is 17.8. The van der Waals surface area contributed by atoms with Crippen LogP contribution in [0.4, 0.5) is 5.69 Å². The number of aromatic hydroxyl groups is 1. The number of thioether (sulfide) groups is 1. The summed E-state index contributed by atoms with van der Waals surface area (Å²) in [4.78, 5) is 16.1. The summed E-state index contributed by atoms with van der Waals surface area (Å²) < 4.78 is 1.83. The standard InChI is InChI=1S/C17H17N5O2S/c1-11-3-4-14(23)13(9-11)19-15(24)10-25-17-21-20-16(22(17)2)12-5-7-18-8-6-12/h3-9,23H,10H2,1-2H3,(H,19,24). The Kier molecular flexibility index (Phi) is 4.99. The van der Waals surface area contributed by atoms with E-state index in [1.54, 1.807) is 30.6 Å². The number of amides is 1. The molecule has 0 radical (unpaired) electrons. The third-order valence-corrected chi connectivity index (χ3v) is 4.55. The summed E-state index contributed by atoms with van der Waals surface area (Å²) in [5.41, 5.74) is 2.27. The number of pyridine rings is 1. The van der Waals surface area contributed by atoms with Gasteiger partial charge >= 0.3 is 0 Å². The molecule has 7 nitrogen and oxygen atoms in total. The number of nitrogens with one attached hydrogen (secondary N) is 1. The number of nitrogens with zero attached hydrogens (tertiary/aromatic N) is 4. The zero-order valence-electron chi connectivity index (χ0n) is 13.8. The van der Waals surface area contributed by atoms with E-state index in [-0.39, 0.29) is 17.4 Å². The molecule has 1 aromatic carbocycles. The van der Waals surface area contributed by atoms with Crippen LogP contribution in [0.25, 0.3) is 11.4 Å². The van der Waals surface area contributed by atoms with Gasteiger partial charge in [-0.25, -0.2) is 0 Å². The maximum Gasteiger partial charge on any atom is 0.234 e. The molecule has 2 heterocycles. The molecule has 3 rings (SSSR count). The summed E-state index contributed by atoms with van der Waals surface area (Å²) in [6.07, 6.45) is 3.39. The fourth-order valence-electron chi connectivity index (χ4n) is 2.26. The van der Waals surface area contributed by atoms with Crippen LogP contribution >= 0.6 is 11.8 Å². The fraction of sp³-hybridized carbons (Fsp3) is 0.176. The first kappa shape index (κ1) is 17.0. The van der Waals surface area contributed by atoms with Crippen molar-refractivity contribution >= 4 is 23.4 Å². The SMILES string of the molecule is Cc1ccc(O)c(NC(=O)CSc2nnc(-c3ccncc3)n2C)c1. The molecule has 0 bridgehead atoms. The Morgan fingerprint density at radius 1 is 1.24 bits per heavy atom. The molecule has 0 saturated carbocycles. The minimum Gasteiger partial charge on any atom is -0.506 e. The summed E-state index contributed by atoms with van der Waals surface area (Å²) in [7, 11) is 1.85. The van der Waals surface area contributed by atoms with E-state index in [4.69, 9.17) is 0 Å². The van der Waals surface area contributed by atoms with Crippen LogP contribution in [-0.4, -0.2) is 36.5 Å². The van der Waals surface area contributed by atoms with Crippen LogP contribution in [0.1, 0.15) is 5.56 Å². The van der Waals surface area contributed by atoms with Crippen molar-refractivity contribution in [3.05, 3.63) is 48.3 Å². The van der Waals surface area contributed by atoms with Crippen LogP contribution in [0.5, 0.6) is 5.75 Å². The second-order valence-electron chi connectivity index (χ2n) is 5.46. The molecule has 8 heteroatoms. The molecule has 0 aliphatic rings. The van der Waals surface area contributed by atoms with Crippen LogP contribution in [0, 0.1) is 6.92 Å². The van der Waals surface area contributed by atoms with E-state index in [2.05, 4.69) is 20.5 Å². The molecule has 0 fully saturated rings. The molecule has 0 unspecified atom stereocenters. The van der Waals surface area contributed by atoms with Crippen molar-refractivity contribution in [3.8, 4) is 17.1 Å². The number of hydrogen-bond acceptors (Lipinski definition) is 6. The minimum atomic E-state index is -0.223. The van der Waals surface area contributed by atoms with Crippen LogP contribution in [0.2, 0.25) is 0 Å². The number of rotatable bonds is 5. The van der Waals surface area contributed by atoms with Gasteiger partial charge in [-0.15, -0.1) is 10.2 Å². The maximum absolute atomic E-state index is 12.1. The highest BCUT2D eigenvalue weighted by Crippen LogP contribution is 2.25. The molecule has 0 atom stereocenters. The highest BCUT2D eigenvalue weighted by atomic mass is 32.2. The Bertz CT molecular complexity index is 895. The van der Waals surface area contributed by atoms with Gasteiger partial charge in [0, 0.05) is 25.0 Å². The van der Waals surface area contributed by atoms with Gasteiger partial charge in [0.25, 0.3) is 0 Å². The molecule has 1 amide bonds. The van der Waals surface area contributed by atoms with Crippen molar-refractivity contribution in [3.63, 3.8) is 0 Å². The van der Waals surface area contributed by atoms with Crippen molar-refractivity contribution in [2.24, 2.45) is 7.05 Å². The van der Waals surface area contributed by atoms with Gasteiger partial charge in [0.15, 0.2) is 11.0 Å². The van der Waals surface area contributed by atoms with Gasteiger partial charge in [0.1, 0.15) is 5.75 Å². The van der Waals surface area contributed by atoms with Gasteiger partial charge in [0.2, 0.25) is 5.91 Å². The number of hydrogen-bond donors (Lipinski definition) is 2. The highest BCUT2D eigenvalue weighted by Gasteiger charge is 2.13. The number of aromatic nitrogens is 4. The zero-order valence-corrected chi connectivity index (χ0v) is 14.6. The van der Waals surface area contributed by atoms with E-state index in [0.717, 1.165) is 11.1 Å². The lowest BCUT2D eigenvalue weighted by atomic mass is 10.2. The average molecular weight is 355 g/mol. The normalized spacial score (nSPS) is 10.6. The van der Waals surface area contributed by atoms with Gasteiger partial charge < -0.3 is 15.0 Å². The molecule has 0 saturated heterocycles. The van der Waals surface area contributed by atoms with Gasteiger partial charge in [-0.2, -0.15) is 0 Å². The Labute approximate surface area is 149 Å². The predicted molar refractivity (Wildman–Crippen MR) is 96.4 cm³/mol. The van der Waals surface area contributed by atoms with Crippen molar-refractivity contribution in [2.75, 3.05) is 11.1 Å². The Morgan fingerprint density at radius 3 is 2.76 bits per heavy atom. The van der Waals surface area contributed by atoms with E-state index < -0.39 is 0 Å². The summed E-state index contributed by atoms with van der Waals surface area (Å²) in [5.74, 6) is 0.693. The van der Waals surface area contributed by atoms with Crippen LogP contribution in [0.3, 0.4) is 0 Å². The number of anilines is 1. The summed E-state index contributed by atoms with van der Waals surface area (Å²) >= 11 is 1.28. The van der Waals surface area contributed by atoms with Crippen molar-refractivity contribution < 1.29 is 9.90 Å².